The Morgan fingerprint density at radius 1 is 1.00 bits per heavy atom. The predicted molar refractivity (Wildman–Crippen MR) is 108 cm³/mol. The van der Waals surface area contributed by atoms with E-state index in [0.29, 0.717) is 23.9 Å². The van der Waals surface area contributed by atoms with Gasteiger partial charge in [0.1, 0.15) is 24.2 Å². The van der Waals surface area contributed by atoms with Crippen LogP contribution in [0.5, 0.6) is 5.75 Å². The summed E-state index contributed by atoms with van der Waals surface area (Å²) in [5.41, 5.74) is 2.31. The molecule has 29 heavy (non-hydrogen) atoms. The van der Waals surface area contributed by atoms with Gasteiger partial charge in [-0.05, 0) is 36.2 Å². The molecule has 0 spiro atoms. The van der Waals surface area contributed by atoms with Gasteiger partial charge < -0.3 is 18.9 Å². The maximum Gasteiger partial charge on any atom is 0.266 e. The van der Waals surface area contributed by atoms with Crippen molar-refractivity contribution < 1.29 is 13.6 Å². The summed E-state index contributed by atoms with van der Waals surface area (Å²) in [5.74, 6) is 2.46. The highest BCUT2D eigenvalue weighted by Crippen LogP contribution is 2.28. The summed E-state index contributed by atoms with van der Waals surface area (Å²) in [6, 6.07) is 23.2. The molecule has 1 N–H and O–H groups in total. The van der Waals surface area contributed by atoms with Crippen LogP contribution in [-0.4, -0.2) is 4.98 Å². The maximum atomic E-state index is 9.35. The van der Waals surface area contributed by atoms with Crippen LogP contribution in [0.1, 0.15) is 22.6 Å². The van der Waals surface area contributed by atoms with Gasteiger partial charge in [-0.15, -0.1) is 0 Å². The third kappa shape index (κ3) is 4.30. The lowest BCUT2D eigenvalue weighted by Crippen LogP contribution is -1.99. The Morgan fingerprint density at radius 2 is 1.79 bits per heavy atom. The fourth-order valence-electron chi connectivity index (χ4n) is 2.84. The first-order valence-electron chi connectivity index (χ1n) is 9.19. The van der Waals surface area contributed by atoms with Crippen LogP contribution in [0.15, 0.2) is 75.6 Å². The number of para-hydroxylation sites is 1. The van der Waals surface area contributed by atoms with Crippen molar-refractivity contribution in [3.63, 3.8) is 0 Å². The minimum Gasteiger partial charge on any atom is -0.485 e. The van der Waals surface area contributed by atoms with Gasteiger partial charge in [0.25, 0.3) is 5.89 Å². The molecule has 0 saturated heterocycles. The SMILES string of the molecule is Cc1ccccc1OCc1ccc(-c2nc(C#N)c(NCc3ccccc3)o2)o1. The van der Waals surface area contributed by atoms with Crippen molar-refractivity contribution in [3.05, 3.63) is 89.3 Å². The second-order valence-electron chi connectivity index (χ2n) is 6.47. The molecule has 144 valence electrons. The van der Waals surface area contributed by atoms with Gasteiger partial charge >= 0.3 is 0 Å². The quantitative estimate of drug-likeness (QED) is 0.464. The minimum atomic E-state index is 0.185. The average Bonchev–Trinajstić information content (AvgIpc) is 3.39. The Labute approximate surface area is 168 Å². The molecule has 0 bridgehead atoms. The highest BCUT2D eigenvalue weighted by Gasteiger charge is 2.17. The number of benzene rings is 2. The molecule has 0 radical (unpaired) electrons. The van der Waals surface area contributed by atoms with Crippen LogP contribution in [0.3, 0.4) is 0 Å². The molecule has 2 aromatic heterocycles. The summed E-state index contributed by atoms with van der Waals surface area (Å²) in [6.07, 6.45) is 0. The first-order valence-corrected chi connectivity index (χ1v) is 9.19. The molecule has 4 rings (SSSR count). The summed E-state index contributed by atoms with van der Waals surface area (Å²) in [6.45, 7) is 2.80. The van der Waals surface area contributed by atoms with Crippen LogP contribution in [0.4, 0.5) is 5.88 Å². The molecule has 2 heterocycles. The zero-order valence-corrected chi connectivity index (χ0v) is 15.9. The van der Waals surface area contributed by atoms with Gasteiger partial charge in [0, 0.05) is 6.54 Å². The second-order valence-corrected chi connectivity index (χ2v) is 6.47. The molecule has 0 atom stereocenters. The number of furan rings is 1. The largest absolute Gasteiger partial charge is 0.485 e. The van der Waals surface area contributed by atoms with Gasteiger partial charge in [-0.1, -0.05) is 48.5 Å². The van der Waals surface area contributed by atoms with Gasteiger partial charge in [0.05, 0.1) is 0 Å². The Bertz CT molecular complexity index is 1140. The summed E-state index contributed by atoms with van der Waals surface area (Å²) < 4.78 is 17.3. The van der Waals surface area contributed by atoms with E-state index in [4.69, 9.17) is 13.6 Å². The lowest BCUT2D eigenvalue weighted by atomic mass is 10.2. The van der Waals surface area contributed by atoms with Crippen molar-refractivity contribution in [1.29, 1.82) is 5.26 Å². The second kappa shape index (κ2) is 8.36. The number of hydrogen-bond acceptors (Lipinski definition) is 6. The van der Waals surface area contributed by atoms with E-state index in [1.807, 2.05) is 67.6 Å². The van der Waals surface area contributed by atoms with E-state index in [0.717, 1.165) is 16.9 Å². The minimum absolute atomic E-state index is 0.185. The standard InChI is InChI=1S/C23H19N3O3/c1-16-7-5-6-10-20(16)27-15-18-11-12-21(28-18)23-26-19(13-24)22(29-23)25-14-17-8-3-2-4-9-17/h2-12,25H,14-15H2,1H3. The normalized spacial score (nSPS) is 10.5. The number of ether oxygens (including phenoxy) is 1. The number of nitriles is 1. The number of nitrogens with zero attached hydrogens (tertiary/aromatic N) is 2. The van der Waals surface area contributed by atoms with Gasteiger partial charge in [-0.2, -0.15) is 10.2 Å². The third-order valence-corrected chi connectivity index (χ3v) is 4.36. The van der Waals surface area contributed by atoms with Crippen molar-refractivity contribution >= 4 is 5.88 Å². The molecule has 0 aliphatic heterocycles. The summed E-state index contributed by atoms with van der Waals surface area (Å²) >= 11 is 0. The number of hydrogen-bond donors (Lipinski definition) is 1. The fourth-order valence-corrected chi connectivity index (χ4v) is 2.84. The van der Waals surface area contributed by atoms with Crippen LogP contribution >= 0.6 is 0 Å². The van der Waals surface area contributed by atoms with E-state index >= 15 is 0 Å². The first-order chi connectivity index (χ1) is 14.2. The molecule has 6 nitrogen and oxygen atoms in total. The molecule has 0 saturated carbocycles. The number of anilines is 1. The lowest BCUT2D eigenvalue weighted by molar-refractivity contribution is 0.269. The Kier molecular flexibility index (Phi) is 5.30. The Balaban J connectivity index is 1.45. The van der Waals surface area contributed by atoms with Crippen LogP contribution < -0.4 is 10.1 Å². The number of oxazole rings is 1. The summed E-state index contributed by atoms with van der Waals surface area (Å²) in [7, 11) is 0. The fraction of sp³-hybridized carbons (Fsp3) is 0.130. The van der Waals surface area contributed by atoms with Crippen molar-refractivity contribution in [2.75, 3.05) is 5.32 Å². The maximum absolute atomic E-state index is 9.35. The van der Waals surface area contributed by atoms with E-state index in [1.54, 1.807) is 12.1 Å². The summed E-state index contributed by atoms with van der Waals surface area (Å²) in [5, 5.41) is 12.5. The van der Waals surface area contributed by atoms with Crippen LogP contribution in [0, 0.1) is 18.3 Å². The first kappa shape index (κ1) is 18.4. The molecule has 0 aliphatic rings. The van der Waals surface area contributed by atoms with E-state index in [-0.39, 0.29) is 18.2 Å². The molecular weight excluding hydrogens is 366 g/mol. The number of aryl methyl sites for hydroxylation is 1. The highest BCUT2D eigenvalue weighted by molar-refractivity contribution is 5.54. The molecule has 0 fully saturated rings. The molecule has 4 aromatic rings. The third-order valence-electron chi connectivity index (χ3n) is 4.36. The predicted octanol–water partition coefficient (Wildman–Crippen LogP) is 5.31. The van der Waals surface area contributed by atoms with Crippen LogP contribution in [0.25, 0.3) is 11.7 Å². The number of rotatable bonds is 7. The monoisotopic (exact) mass is 385 g/mol. The highest BCUT2D eigenvalue weighted by atomic mass is 16.5. The van der Waals surface area contributed by atoms with E-state index in [2.05, 4.69) is 10.3 Å². The number of aromatic nitrogens is 1. The smallest absolute Gasteiger partial charge is 0.266 e. The average molecular weight is 385 g/mol. The molecule has 2 aromatic carbocycles. The van der Waals surface area contributed by atoms with Gasteiger partial charge in [-0.3, -0.25) is 0 Å². The molecule has 6 heteroatoms. The lowest BCUT2D eigenvalue weighted by Gasteiger charge is -2.06. The van der Waals surface area contributed by atoms with E-state index in [1.165, 1.54) is 0 Å². The number of nitrogens with one attached hydrogen (secondary N) is 1. The molecular formula is C23H19N3O3. The zero-order chi connectivity index (χ0) is 20.1. The van der Waals surface area contributed by atoms with E-state index < -0.39 is 0 Å². The zero-order valence-electron chi connectivity index (χ0n) is 15.9. The van der Waals surface area contributed by atoms with Crippen molar-refractivity contribution in [1.82, 2.24) is 4.98 Å². The molecule has 0 unspecified atom stereocenters. The Hall–Kier alpha value is -3.98. The van der Waals surface area contributed by atoms with Crippen molar-refractivity contribution in [3.8, 4) is 23.5 Å². The van der Waals surface area contributed by atoms with Crippen molar-refractivity contribution in [2.45, 2.75) is 20.1 Å². The van der Waals surface area contributed by atoms with Crippen LogP contribution in [-0.2, 0) is 13.2 Å². The van der Waals surface area contributed by atoms with Crippen LogP contribution in [0.2, 0.25) is 0 Å². The Morgan fingerprint density at radius 3 is 2.59 bits per heavy atom. The van der Waals surface area contributed by atoms with Gasteiger partial charge in [-0.25, -0.2) is 0 Å². The molecule has 0 aliphatic carbocycles. The molecule has 0 amide bonds. The van der Waals surface area contributed by atoms with Gasteiger partial charge in [0.2, 0.25) is 11.6 Å². The topological polar surface area (TPSA) is 84.2 Å². The summed E-state index contributed by atoms with van der Waals surface area (Å²) in [4.78, 5) is 4.23. The van der Waals surface area contributed by atoms with E-state index in [9.17, 15) is 5.26 Å². The van der Waals surface area contributed by atoms with Crippen molar-refractivity contribution in [2.24, 2.45) is 0 Å². The van der Waals surface area contributed by atoms with Gasteiger partial charge in [0.15, 0.2) is 5.76 Å².